The van der Waals surface area contributed by atoms with Crippen molar-refractivity contribution in [1.29, 1.82) is 0 Å². The maximum atomic E-state index is 13.1. The minimum atomic E-state index is -0.913. The van der Waals surface area contributed by atoms with Gasteiger partial charge < -0.3 is 10.6 Å². The SMILES string of the molecule is CC1CC(C)(C)CC2(C1)NC(=O)N(CC(=O)NC(C)c1ccc(Cl)cc1Cl)C2=O. The molecule has 1 aromatic rings. The second kappa shape index (κ2) is 7.80. The average Bonchev–Trinajstić information content (AvgIpc) is 2.76. The molecule has 158 valence electrons. The highest BCUT2D eigenvalue weighted by Gasteiger charge is 2.56. The van der Waals surface area contributed by atoms with Gasteiger partial charge in [0.1, 0.15) is 12.1 Å². The van der Waals surface area contributed by atoms with Gasteiger partial charge in [-0.15, -0.1) is 0 Å². The molecule has 1 aliphatic carbocycles. The highest BCUT2D eigenvalue weighted by Crippen LogP contribution is 2.46. The van der Waals surface area contributed by atoms with E-state index < -0.39 is 23.5 Å². The fourth-order valence-corrected chi connectivity index (χ4v) is 5.58. The van der Waals surface area contributed by atoms with Gasteiger partial charge in [0.2, 0.25) is 5.91 Å². The molecule has 0 radical (unpaired) electrons. The topological polar surface area (TPSA) is 78.5 Å². The maximum Gasteiger partial charge on any atom is 0.325 e. The molecule has 1 saturated heterocycles. The van der Waals surface area contributed by atoms with Crippen LogP contribution in [0.1, 0.15) is 58.6 Å². The van der Waals surface area contributed by atoms with Crippen LogP contribution in [0.25, 0.3) is 0 Å². The van der Waals surface area contributed by atoms with E-state index in [1.165, 1.54) is 0 Å². The number of hydrogen-bond donors (Lipinski definition) is 2. The van der Waals surface area contributed by atoms with Crippen molar-refractivity contribution in [2.75, 3.05) is 6.54 Å². The molecule has 3 unspecified atom stereocenters. The van der Waals surface area contributed by atoms with Gasteiger partial charge in [-0.2, -0.15) is 0 Å². The van der Waals surface area contributed by atoms with Crippen LogP contribution < -0.4 is 10.6 Å². The van der Waals surface area contributed by atoms with Crippen molar-refractivity contribution in [1.82, 2.24) is 15.5 Å². The van der Waals surface area contributed by atoms with Gasteiger partial charge in [-0.05, 0) is 55.2 Å². The van der Waals surface area contributed by atoms with Crippen molar-refractivity contribution in [2.45, 2.75) is 58.5 Å². The second-order valence-electron chi connectivity index (χ2n) is 9.21. The normalized spacial score (nSPS) is 27.1. The van der Waals surface area contributed by atoms with E-state index >= 15 is 0 Å². The fourth-order valence-electron chi connectivity index (χ4n) is 5.01. The number of carbonyl (C=O) groups is 3. The number of halogens is 2. The van der Waals surface area contributed by atoms with Gasteiger partial charge in [-0.3, -0.25) is 14.5 Å². The van der Waals surface area contributed by atoms with Crippen LogP contribution in [0, 0.1) is 11.3 Å². The van der Waals surface area contributed by atoms with Crippen molar-refractivity contribution in [3.63, 3.8) is 0 Å². The van der Waals surface area contributed by atoms with Crippen LogP contribution in [0.3, 0.4) is 0 Å². The van der Waals surface area contributed by atoms with E-state index in [9.17, 15) is 14.4 Å². The lowest BCUT2D eigenvalue weighted by atomic mass is 9.64. The molecule has 8 heteroatoms. The molecular weight excluding hydrogens is 413 g/mol. The molecule has 1 aliphatic heterocycles. The second-order valence-corrected chi connectivity index (χ2v) is 10.1. The molecule has 0 aromatic heterocycles. The van der Waals surface area contributed by atoms with Crippen LogP contribution in [0.2, 0.25) is 10.0 Å². The molecule has 0 bridgehead atoms. The number of rotatable bonds is 4. The zero-order valence-electron chi connectivity index (χ0n) is 17.1. The molecule has 1 heterocycles. The minimum Gasteiger partial charge on any atom is -0.348 e. The first-order valence-corrected chi connectivity index (χ1v) is 10.6. The highest BCUT2D eigenvalue weighted by molar-refractivity contribution is 6.35. The molecule has 2 fully saturated rings. The molecule has 2 aliphatic rings. The molecule has 6 nitrogen and oxygen atoms in total. The molecule has 3 rings (SSSR count). The van der Waals surface area contributed by atoms with Crippen LogP contribution >= 0.6 is 23.2 Å². The Hall–Kier alpha value is -1.79. The lowest BCUT2D eigenvalue weighted by molar-refractivity contribution is -0.137. The highest BCUT2D eigenvalue weighted by atomic mass is 35.5. The number of carbonyl (C=O) groups excluding carboxylic acids is 3. The van der Waals surface area contributed by atoms with Gasteiger partial charge in [-0.25, -0.2) is 4.79 Å². The van der Waals surface area contributed by atoms with Gasteiger partial charge >= 0.3 is 6.03 Å². The number of benzene rings is 1. The van der Waals surface area contributed by atoms with E-state index in [-0.39, 0.29) is 17.9 Å². The summed E-state index contributed by atoms with van der Waals surface area (Å²) >= 11 is 12.1. The van der Waals surface area contributed by atoms with Crippen molar-refractivity contribution in [2.24, 2.45) is 11.3 Å². The van der Waals surface area contributed by atoms with Gasteiger partial charge in [0, 0.05) is 10.0 Å². The van der Waals surface area contributed by atoms with E-state index in [4.69, 9.17) is 23.2 Å². The van der Waals surface area contributed by atoms with Crippen molar-refractivity contribution >= 4 is 41.0 Å². The summed E-state index contributed by atoms with van der Waals surface area (Å²) in [4.78, 5) is 39.3. The standard InChI is InChI=1S/C21H27Cl2N3O3/c1-12-8-20(3,4)11-21(9-12)18(28)26(19(29)25-21)10-17(27)24-13(2)15-6-5-14(22)7-16(15)23/h5-7,12-13H,8-11H2,1-4H3,(H,24,27)(H,25,29). The zero-order chi connectivity index (χ0) is 21.6. The third-order valence-electron chi connectivity index (χ3n) is 5.73. The number of urea groups is 1. The van der Waals surface area contributed by atoms with Crippen LogP contribution in [0.4, 0.5) is 4.79 Å². The Labute approximate surface area is 181 Å². The number of nitrogens with zero attached hydrogens (tertiary/aromatic N) is 1. The predicted octanol–water partition coefficient (Wildman–Crippen LogP) is 4.31. The molecule has 1 aromatic carbocycles. The minimum absolute atomic E-state index is 0.0568. The van der Waals surface area contributed by atoms with Crippen LogP contribution in [-0.2, 0) is 9.59 Å². The Bertz CT molecular complexity index is 858. The molecule has 29 heavy (non-hydrogen) atoms. The van der Waals surface area contributed by atoms with Gasteiger partial charge in [0.25, 0.3) is 5.91 Å². The van der Waals surface area contributed by atoms with Gasteiger partial charge in [-0.1, -0.05) is 50.0 Å². The molecule has 1 spiro atoms. The summed E-state index contributed by atoms with van der Waals surface area (Å²) in [6.45, 7) is 7.77. The van der Waals surface area contributed by atoms with Crippen molar-refractivity contribution < 1.29 is 14.4 Å². The van der Waals surface area contributed by atoms with E-state index in [0.29, 0.717) is 34.4 Å². The first-order chi connectivity index (χ1) is 13.4. The molecule has 3 atom stereocenters. The summed E-state index contributed by atoms with van der Waals surface area (Å²) in [7, 11) is 0. The lowest BCUT2D eigenvalue weighted by Crippen LogP contribution is -2.54. The van der Waals surface area contributed by atoms with Crippen molar-refractivity contribution in [3.8, 4) is 0 Å². The van der Waals surface area contributed by atoms with E-state index in [2.05, 4.69) is 31.4 Å². The Kier molecular flexibility index (Phi) is 5.89. The summed E-state index contributed by atoms with van der Waals surface area (Å²) < 4.78 is 0. The van der Waals surface area contributed by atoms with Crippen LogP contribution in [-0.4, -0.2) is 34.8 Å². The summed E-state index contributed by atoms with van der Waals surface area (Å²) in [6, 6.07) is 4.14. The summed E-state index contributed by atoms with van der Waals surface area (Å²) in [5.74, 6) is -0.425. The van der Waals surface area contributed by atoms with Crippen LogP contribution in [0.5, 0.6) is 0 Å². The number of imide groups is 1. The summed E-state index contributed by atoms with van der Waals surface area (Å²) in [5, 5.41) is 6.63. The molecule has 1 saturated carbocycles. The van der Waals surface area contributed by atoms with E-state index in [0.717, 1.165) is 11.3 Å². The predicted molar refractivity (Wildman–Crippen MR) is 113 cm³/mol. The number of hydrogen-bond acceptors (Lipinski definition) is 3. The average molecular weight is 440 g/mol. The number of amides is 4. The third-order valence-corrected chi connectivity index (χ3v) is 6.29. The largest absolute Gasteiger partial charge is 0.348 e. The van der Waals surface area contributed by atoms with E-state index in [1.54, 1.807) is 25.1 Å². The fraction of sp³-hybridized carbons (Fsp3) is 0.571. The molecule has 2 N–H and O–H groups in total. The Morgan fingerprint density at radius 1 is 1.31 bits per heavy atom. The van der Waals surface area contributed by atoms with Crippen LogP contribution in [0.15, 0.2) is 18.2 Å². The lowest BCUT2D eigenvalue weighted by Gasteiger charge is -2.43. The summed E-state index contributed by atoms with van der Waals surface area (Å²) in [5.41, 5.74) is -0.261. The Balaban J connectivity index is 1.69. The summed E-state index contributed by atoms with van der Waals surface area (Å²) in [6.07, 6.45) is 2.16. The Morgan fingerprint density at radius 2 is 2.00 bits per heavy atom. The maximum absolute atomic E-state index is 13.1. The quantitative estimate of drug-likeness (QED) is 0.685. The first kappa shape index (κ1) is 21.9. The zero-order valence-corrected chi connectivity index (χ0v) is 18.7. The molecular formula is C21H27Cl2N3O3. The van der Waals surface area contributed by atoms with Gasteiger partial charge in [0.15, 0.2) is 0 Å². The Morgan fingerprint density at radius 3 is 2.62 bits per heavy atom. The monoisotopic (exact) mass is 439 g/mol. The van der Waals surface area contributed by atoms with Gasteiger partial charge in [0.05, 0.1) is 6.04 Å². The van der Waals surface area contributed by atoms with E-state index in [1.807, 2.05) is 0 Å². The third kappa shape index (κ3) is 4.53. The number of nitrogens with one attached hydrogen (secondary N) is 2. The smallest absolute Gasteiger partial charge is 0.325 e. The first-order valence-electron chi connectivity index (χ1n) is 9.81. The molecule has 4 amide bonds. The van der Waals surface area contributed by atoms with Crippen molar-refractivity contribution in [3.05, 3.63) is 33.8 Å².